The Hall–Kier alpha value is -2.63. The predicted octanol–water partition coefficient (Wildman–Crippen LogP) is 2.09. The predicted molar refractivity (Wildman–Crippen MR) is 88.2 cm³/mol. The van der Waals surface area contributed by atoms with Crippen LogP contribution in [0.1, 0.15) is 12.8 Å². The smallest absolute Gasteiger partial charge is 0.223 e. The minimum atomic E-state index is 0.157. The van der Waals surface area contributed by atoms with E-state index in [2.05, 4.69) is 20.8 Å². The Balaban J connectivity index is 1.53. The van der Waals surface area contributed by atoms with E-state index in [1.54, 1.807) is 7.11 Å². The Morgan fingerprint density at radius 1 is 1.17 bits per heavy atom. The Morgan fingerprint density at radius 3 is 2.70 bits per heavy atom. The molecule has 0 radical (unpaired) electrons. The molecule has 120 valence electrons. The molecule has 0 aliphatic heterocycles. The van der Waals surface area contributed by atoms with Crippen LogP contribution < -0.4 is 15.4 Å². The number of aromatic nitrogens is 2. The number of anilines is 1. The first-order valence-corrected chi connectivity index (χ1v) is 7.76. The van der Waals surface area contributed by atoms with Crippen LogP contribution in [0.25, 0.3) is 11.3 Å². The second-order valence-electron chi connectivity index (χ2n) is 5.50. The number of carbonyl (C=O) groups excluding carboxylic acids is 1. The van der Waals surface area contributed by atoms with E-state index in [1.165, 1.54) is 0 Å². The summed E-state index contributed by atoms with van der Waals surface area (Å²) in [4.78, 5) is 11.5. The number of nitrogens with zero attached hydrogens (tertiary/aromatic N) is 2. The van der Waals surface area contributed by atoms with Gasteiger partial charge in [-0.1, -0.05) is 12.1 Å². The Labute approximate surface area is 135 Å². The molecule has 0 spiro atoms. The number of ether oxygens (including phenoxy) is 1. The van der Waals surface area contributed by atoms with Crippen molar-refractivity contribution in [2.75, 3.05) is 25.5 Å². The van der Waals surface area contributed by atoms with Gasteiger partial charge < -0.3 is 15.4 Å². The third kappa shape index (κ3) is 3.97. The Kier molecular flexibility index (Phi) is 4.71. The average molecular weight is 312 g/mol. The molecule has 3 rings (SSSR count). The van der Waals surface area contributed by atoms with Crippen LogP contribution in [0.3, 0.4) is 0 Å². The van der Waals surface area contributed by atoms with E-state index < -0.39 is 0 Å². The lowest BCUT2D eigenvalue weighted by Crippen LogP contribution is -2.29. The first kappa shape index (κ1) is 15.3. The molecule has 1 aromatic carbocycles. The van der Waals surface area contributed by atoms with Crippen molar-refractivity contribution in [1.29, 1.82) is 0 Å². The lowest BCUT2D eigenvalue weighted by Gasteiger charge is -2.09. The molecule has 1 saturated carbocycles. The summed E-state index contributed by atoms with van der Waals surface area (Å²) < 4.78 is 5.33. The molecule has 0 unspecified atom stereocenters. The first-order chi connectivity index (χ1) is 11.3. The van der Waals surface area contributed by atoms with Crippen LogP contribution in [0.5, 0.6) is 5.75 Å². The van der Waals surface area contributed by atoms with Crippen LogP contribution >= 0.6 is 0 Å². The second-order valence-corrected chi connectivity index (χ2v) is 5.50. The molecule has 0 bridgehead atoms. The quantitative estimate of drug-likeness (QED) is 0.766. The number of benzene rings is 1. The van der Waals surface area contributed by atoms with E-state index >= 15 is 0 Å². The molecule has 1 aromatic heterocycles. The van der Waals surface area contributed by atoms with Gasteiger partial charge in [0.2, 0.25) is 5.91 Å². The van der Waals surface area contributed by atoms with Crippen molar-refractivity contribution in [2.24, 2.45) is 5.92 Å². The van der Waals surface area contributed by atoms with E-state index in [1.807, 2.05) is 36.4 Å². The maximum atomic E-state index is 11.5. The van der Waals surface area contributed by atoms with Gasteiger partial charge in [0, 0.05) is 24.6 Å². The molecule has 23 heavy (non-hydrogen) atoms. The van der Waals surface area contributed by atoms with Crippen LogP contribution in [0.2, 0.25) is 0 Å². The lowest BCUT2D eigenvalue weighted by molar-refractivity contribution is -0.122. The summed E-state index contributed by atoms with van der Waals surface area (Å²) in [5.41, 5.74) is 1.67. The monoisotopic (exact) mass is 312 g/mol. The van der Waals surface area contributed by atoms with Gasteiger partial charge in [-0.15, -0.1) is 10.2 Å². The fourth-order valence-electron chi connectivity index (χ4n) is 2.29. The molecule has 1 aliphatic rings. The molecule has 1 amide bonds. The largest absolute Gasteiger partial charge is 0.496 e. The van der Waals surface area contributed by atoms with Crippen LogP contribution in [0, 0.1) is 5.92 Å². The standard InChI is InChI=1S/C17H20N4O2/c1-23-15-5-3-2-4-13(15)14-8-9-16(21-20-14)18-10-11-19-17(22)12-6-7-12/h2-5,8-9,12H,6-7,10-11H2,1H3,(H,18,21)(H,19,22). The molecule has 0 atom stereocenters. The number of amides is 1. The highest BCUT2D eigenvalue weighted by molar-refractivity contribution is 5.80. The minimum absolute atomic E-state index is 0.157. The zero-order valence-corrected chi connectivity index (χ0v) is 13.1. The Bertz CT molecular complexity index is 669. The van der Waals surface area contributed by atoms with Gasteiger partial charge in [-0.05, 0) is 37.1 Å². The van der Waals surface area contributed by atoms with Gasteiger partial charge in [-0.3, -0.25) is 4.79 Å². The van der Waals surface area contributed by atoms with Gasteiger partial charge in [0.1, 0.15) is 11.6 Å². The van der Waals surface area contributed by atoms with Crippen molar-refractivity contribution in [2.45, 2.75) is 12.8 Å². The molecule has 2 N–H and O–H groups in total. The molecule has 1 heterocycles. The third-order valence-corrected chi connectivity index (χ3v) is 3.73. The summed E-state index contributed by atoms with van der Waals surface area (Å²) in [7, 11) is 1.64. The van der Waals surface area contributed by atoms with Gasteiger partial charge in [0.15, 0.2) is 0 Å². The number of hydrogen-bond donors (Lipinski definition) is 2. The lowest BCUT2D eigenvalue weighted by atomic mass is 10.1. The van der Waals surface area contributed by atoms with Crippen molar-refractivity contribution < 1.29 is 9.53 Å². The first-order valence-electron chi connectivity index (χ1n) is 7.76. The molecular weight excluding hydrogens is 292 g/mol. The van der Waals surface area contributed by atoms with E-state index in [0.29, 0.717) is 18.9 Å². The SMILES string of the molecule is COc1ccccc1-c1ccc(NCCNC(=O)C2CC2)nn1. The molecule has 6 heteroatoms. The van der Waals surface area contributed by atoms with E-state index in [4.69, 9.17) is 4.74 Å². The summed E-state index contributed by atoms with van der Waals surface area (Å²) in [6.45, 7) is 1.21. The topological polar surface area (TPSA) is 76.1 Å². The number of para-hydroxylation sites is 1. The zero-order chi connectivity index (χ0) is 16.1. The molecule has 1 fully saturated rings. The maximum absolute atomic E-state index is 11.5. The van der Waals surface area contributed by atoms with E-state index in [-0.39, 0.29) is 11.8 Å². The van der Waals surface area contributed by atoms with Crippen LogP contribution in [0.15, 0.2) is 36.4 Å². The summed E-state index contributed by atoms with van der Waals surface area (Å²) >= 11 is 0. The minimum Gasteiger partial charge on any atom is -0.496 e. The molecule has 6 nitrogen and oxygen atoms in total. The summed E-state index contributed by atoms with van der Waals surface area (Å²) in [6.07, 6.45) is 2.05. The van der Waals surface area contributed by atoms with Gasteiger partial charge in [0.05, 0.1) is 12.8 Å². The highest BCUT2D eigenvalue weighted by Crippen LogP contribution is 2.29. The van der Waals surface area contributed by atoms with E-state index in [9.17, 15) is 4.79 Å². The maximum Gasteiger partial charge on any atom is 0.223 e. The van der Waals surface area contributed by atoms with Crippen molar-refractivity contribution >= 4 is 11.7 Å². The summed E-state index contributed by atoms with van der Waals surface area (Å²) in [5.74, 6) is 1.86. The number of methoxy groups -OCH3 is 1. The number of hydrogen-bond acceptors (Lipinski definition) is 5. The number of rotatable bonds is 7. The van der Waals surface area contributed by atoms with Crippen molar-refractivity contribution in [3.8, 4) is 17.0 Å². The summed E-state index contributed by atoms with van der Waals surface area (Å²) in [6, 6.07) is 11.5. The van der Waals surface area contributed by atoms with Crippen molar-refractivity contribution in [3.05, 3.63) is 36.4 Å². The molecule has 2 aromatic rings. The summed E-state index contributed by atoms with van der Waals surface area (Å²) in [5, 5.41) is 14.4. The zero-order valence-electron chi connectivity index (χ0n) is 13.1. The fourth-order valence-corrected chi connectivity index (χ4v) is 2.29. The highest BCUT2D eigenvalue weighted by Gasteiger charge is 2.28. The van der Waals surface area contributed by atoms with Gasteiger partial charge >= 0.3 is 0 Å². The van der Waals surface area contributed by atoms with Gasteiger partial charge in [-0.2, -0.15) is 0 Å². The fraction of sp³-hybridized carbons (Fsp3) is 0.353. The normalized spacial score (nSPS) is 13.4. The molecular formula is C17H20N4O2. The van der Waals surface area contributed by atoms with Gasteiger partial charge in [-0.25, -0.2) is 0 Å². The van der Waals surface area contributed by atoms with Crippen LogP contribution in [0.4, 0.5) is 5.82 Å². The average Bonchev–Trinajstić information content (AvgIpc) is 3.44. The van der Waals surface area contributed by atoms with Crippen molar-refractivity contribution in [3.63, 3.8) is 0 Å². The second kappa shape index (κ2) is 7.09. The highest BCUT2D eigenvalue weighted by atomic mass is 16.5. The Morgan fingerprint density at radius 2 is 2.00 bits per heavy atom. The van der Waals surface area contributed by atoms with Crippen molar-refractivity contribution in [1.82, 2.24) is 15.5 Å². The van der Waals surface area contributed by atoms with Crippen LogP contribution in [-0.2, 0) is 4.79 Å². The van der Waals surface area contributed by atoms with Gasteiger partial charge in [0.25, 0.3) is 0 Å². The number of carbonyl (C=O) groups is 1. The third-order valence-electron chi connectivity index (χ3n) is 3.73. The van der Waals surface area contributed by atoms with E-state index in [0.717, 1.165) is 29.8 Å². The molecule has 1 aliphatic carbocycles. The molecule has 0 saturated heterocycles. The van der Waals surface area contributed by atoms with Crippen LogP contribution in [-0.4, -0.2) is 36.3 Å². The number of nitrogens with one attached hydrogen (secondary N) is 2.